The number of piperazine rings is 1. The van der Waals surface area contributed by atoms with Crippen LogP contribution in [0.15, 0.2) is 72.8 Å². The first kappa shape index (κ1) is 22.4. The van der Waals surface area contributed by atoms with Gasteiger partial charge >= 0.3 is 0 Å². The highest BCUT2D eigenvalue weighted by atomic mass is 19.1. The predicted octanol–water partition coefficient (Wildman–Crippen LogP) is 4.54. The van der Waals surface area contributed by atoms with Crippen LogP contribution in [-0.4, -0.2) is 41.9 Å². The molecule has 170 valence electrons. The summed E-state index contributed by atoms with van der Waals surface area (Å²) in [5, 5.41) is 14.3. The van der Waals surface area contributed by atoms with E-state index in [1.165, 1.54) is 18.2 Å². The molecule has 0 aromatic heterocycles. The molecule has 1 fully saturated rings. The van der Waals surface area contributed by atoms with E-state index in [4.69, 9.17) is 0 Å². The van der Waals surface area contributed by atoms with E-state index in [-0.39, 0.29) is 23.1 Å². The van der Waals surface area contributed by atoms with E-state index in [1.807, 2.05) is 30.3 Å². The molecule has 1 unspecified atom stereocenters. The Balaban J connectivity index is 1.55. The lowest BCUT2D eigenvalue weighted by Gasteiger charge is -2.39. The van der Waals surface area contributed by atoms with Gasteiger partial charge in [-0.1, -0.05) is 36.4 Å². The van der Waals surface area contributed by atoms with Gasteiger partial charge in [0.05, 0.1) is 4.92 Å². The van der Waals surface area contributed by atoms with Gasteiger partial charge in [-0.25, -0.2) is 4.39 Å². The van der Waals surface area contributed by atoms with E-state index in [2.05, 4.69) is 15.1 Å². The molecule has 8 heteroatoms. The monoisotopic (exact) mass is 448 g/mol. The molecule has 3 aromatic rings. The number of aryl methyl sites for hydroxylation is 1. The highest BCUT2D eigenvalue weighted by Gasteiger charge is 2.31. The third kappa shape index (κ3) is 5.18. The van der Waals surface area contributed by atoms with Crippen LogP contribution in [-0.2, 0) is 4.79 Å². The van der Waals surface area contributed by atoms with E-state index >= 15 is 0 Å². The molecular weight excluding hydrogens is 423 g/mol. The van der Waals surface area contributed by atoms with Crippen LogP contribution < -0.4 is 10.2 Å². The van der Waals surface area contributed by atoms with Crippen molar-refractivity contribution in [3.8, 4) is 0 Å². The van der Waals surface area contributed by atoms with Crippen molar-refractivity contribution in [2.75, 3.05) is 36.4 Å². The van der Waals surface area contributed by atoms with E-state index < -0.39 is 11.0 Å². The van der Waals surface area contributed by atoms with Crippen molar-refractivity contribution in [1.29, 1.82) is 0 Å². The fraction of sp³-hybridized carbons (Fsp3) is 0.240. The zero-order valence-electron chi connectivity index (χ0n) is 18.3. The molecule has 1 heterocycles. The van der Waals surface area contributed by atoms with Crippen LogP contribution in [0, 0.1) is 22.9 Å². The minimum atomic E-state index is -0.595. The molecule has 3 aromatic carbocycles. The molecule has 1 atom stereocenters. The van der Waals surface area contributed by atoms with Crippen molar-refractivity contribution >= 4 is 23.0 Å². The third-order valence-electron chi connectivity index (χ3n) is 5.84. The maximum atomic E-state index is 13.4. The Bertz CT molecular complexity index is 1130. The molecule has 0 spiro atoms. The second-order valence-corrected chi connectivity index (χ2v) is 8.08. The first-order valence-corrected chi connectivity index (χ1v) is 10.8. The number of anilines is 2. The summed E-state index contributed by atoms with van der Waals surface area (Å²) in [4.78, 5) is 28.7. The van der Waals surface area contributed by atoms with Crippen molar-refractivity contribution in [2.24, 2.45) is 0 Å². The van der Waals surface area contributed by atoms with E-state index in [0.717, 1.165) is 16.8 Å². The lowest BCUT2D eigenvalue weighted by atomic mass is 10.0. The number of hydrogen-bond acceptors (Lipinski definition) is 5. The van der Waals surface area contributed by atoms with Gasteiger partial charge in [0.1, 0.15) is 17.5 Å². The second kappa shape index (κ2) is 9.79. The van der Waals surface area contributed by atoms with Crippen molar-refractivity contribution < 1.29 is 14.1 Å². The Hall–Kier alpha value is -3.78. The molecule has 0 radical (unpaired) electrons. The van der Waals surface area contributed by atoms with Gasteiger partial charge in [-0.15, -0.1) is 0 Å². The summed E-state index contributed by atoms with van der Waals surface area (Å²) in [6, 6.07) is 20.0. The van der Waals surface area contributed by atoms with Gasteiger partial charge in [0.25, 0.3) is 5.69 Å². The van der Waals surface area contributed by atoms with Crippen molar-refractivity contribution in [2.45, 2.75) is 13.0 Å². The number of amides is 1. The number of nitrogens with one attached hydrogen (secondary N) is 1. The molecule has 1 saturated heterocycles. The number of benzene rings is 3. The third-order valence-corrected chi connectivity index (χ3v) is 5.84. The molecule has 7 nitrogen and oxygen atoms in total. The number of rotatable bonds is 6. The first-order chi connectivity index (χ1) is 15.9. The maximum absolute atomic E-state index is 13.4. The number of nitro benzene ring substituents is 1. The topological polar surface area (TPSA) is 78.7 Å². The number of carbonyl (C=O) groups is 1. The Kier molecular flexibility index (Phi) is 6.65. The molecule has 0 saturated carbocycles. The highest BCUT2D eigenvalue weighted by molar-refractivity contribution is 5.97. The Morgan fingerprint density at radius 3 is 2.30 bits per heavy atom. The first-order valence-electron chi connectivity index (χ1n) is 10.8. The summed E-state index contributed by atoms with van der Waals surface area (Å²) in [7, 11) is 0. The summed E-state index contributed by atoms with van der Waals surface area (Å²) in [6.45, 7) is 4.34. The van der Waals surface area contributed by atoms with Gasteiger partial charge in [0.15, 0.2) is 0 Å². The minimum absolute atomic E-state index is 0.128. The molecule has 1 aliphatic rings. The van der Waals surface area contributed by atoms with Crippen LogP contribution in [0.5, 0.6) is 0 Å². The lowest BCUT2D eigenvalue weighted by Crippen LogP contribution is -2.50. The van der Waals surface area contributed by atoms with Gasteiger partial charge in [0, 0.05) is 37.9 Å². The van der Waals surface area contributed by atoms with Gasteiger partial charge in [-0.3, -0.25) is 19.8 Å². The zero-order chi connectivity index (χ0) is 23.4. The lowest BCUT2D eigenvalue weighted by molar-refractivity contribution is -0.384. The Morgan fingerprint density at radius 2 is 1.67 bits per heavy atom. The largest absolute Gasteiger partial charge is 0.369 e. The number of halogens is 1. The Labute approximate surface area is 191 Å². The fourth-order valence-corrected chi connectivity index (χ4v) is 4.15. The number of hydrogen-bond donors (Lipinski definition) is 1. The molecule has 0 bridgehead atoms. The molecular formula is C25H25FN4O3. The van der Waals surface area contributed by atoms with Crippen LogP contribution in [0.1, 0.15) is 17.2 Å². The maximum Gasteiger partial charge on any atom is 0.293 e. The summed E-state index contributed by atoms with van der Waals surface area (Å²) in [5.74, 6) is -0.591. The van der Waals surface area contributed by atoms with Crippen LogP contribution in [0.2, 0.25) is 0 Å². The number of nitro groups is 1. The molecule has 33 heavy (non-hydrogen) atoms. The molecule has 0 aliphatic carbocycles. The van der Waals surface area contributed by atoms with E-state index in [0.29, 0.717) is 26.2 Å². The summed E-state index contributed by atoms with van der Waals surface area (Å²) >= 11 is 0. The Morgan fingerprint density at radius 1 is 1.00 bits per heavy atom. The minimum Gasteiger partial charge on any atom is -0.369 e. The average Bonchev–Trinajstić information content (AvgIpc) is 2.82. The highest BCUT2D eigenvalue weighted by Crippen LogP contribution is 2.29. The number of carbonyl (C=O) groups excluding carboxylic acids is 1. The van der Waals surface area contributed by atoms with E-state index in [9.17, 15) is 19.3 Å². The molecule has 1 aliphatic heterocycles. The van der Waals surface area contributed by atoms with Gasteiger partial charge in [-0.05, 0) is 48.4 Å². The average molecular weight is 448 g/mol. The summed E-state index contributed by atoms with van der Waals surface area (Å²) in [5.41, 5.74) is 2.56. The van der Waals surface area contributed by atoms with Crippen LogP contribution >= 0.6 is 0 Å². The SMILES string of the molecule is Cc1ccc(NC(=O)C(c2ccccc2)N2CCN(c3ccc(F)cc3)CC2)c([N+](=O)[O-])c1. The standard InChI is InChI=1S/C25H25FN4O3/c1-18-7-12-22(23(17-18)30(32)33)27-25(31)24(19-5-3-2-4-6-19)29-15-13-28(14-16-29)21-10-8-20(26)9-11-21/h2-12,17,24H,13-16H2,1H3,(H,27,31). The number of nitrogens with zero attached hydrogens (tertiary/aromatic N) is 3. The van der Waals surface area contributed by atoms with Crippen LogP contribution in [0.25, 0.3) is 0 Å². The predicted molar refractivity (Wildman–Crippen MR) is 126 cm³/mol. The molecule has 4 rings (SSSR count). The molecule has 1 N–H and O–H groups in total. The van der Waals surface area contributed by atoms with Gasteiger partial charge in [-0.2, -0.15) is 0 Å². The summed E-state index contributed by atoms with van der Waals surface area (Å²) in [6.07, 6.45) is 0. The van der Waals surface area contributed by atoms with Gasteiger partial charge in [0.2, 0.25) is 5.91 Å². The molecule has 1 amide bonds. The smallest absolute Gasteiger partial charge is 0.293 e. The van der Waals surface area contributed by atoms with E-state index in [1.54, 1.807) is 31.2 Å². The second-order valence-electron chi connectivity index (χ2n) is 8.08. The van der Waals surface area contributed by atoms with Crippen LogP contribution in [0.3, 0.4) is 0 Å². The quantitative estimate of drug-likeness (QED) is 0.442. The van der Waals surface area contributed by atoms with Crippen molar-refractivity contribution in [1.82, 2.24) is 4.90 Å². The van der Waals surface area contributed by atoms with Crippen LogP contribution in [0.4, 0.5) is 21.5 Å². The van der Waals surface area contributed by atoms with Gasteiger partial charge < -0.3 is 10.2 Å². The van der Waals surface area contributed by atoms with Crippen molar-refractivity contribution in [3.05, 3.63) is 99.9 Å². The zero-order valence-corrected chi connectivity index (χ0v) is 18.3. The normalized spacial score (nSPS) is 15.2. The summed E-state index contributed by atoms with van der Waals surface area (Å²) < 4.78 is 13.3. The fourth-order valence-electron chi connectivity index (χ4n) is 4.15. The van der Waals surface area contributed by atoms with Crippen molar-refractivity contribution in [3.63, 3.8) is 0 Å².